The molecule has 3 aromatic heterocycles. The molecule has 0 radical (unpaired) electrons. The molecule has 18 nitrogen and oxygen atoms in total. The second-order valence-corrected chi connectivity index (χ2v) is 13.5. The van der Waals surface area contributed by atoms with Crippen LogP contribution >= 0.6 is 26.9 Å². The molecule has 9 atom stereocenters. The summed E-state index contributed by atoms with van der Waals surface area (Å²) in [6, 6.07) is 0.974. The van der Waals surface area contributed by atoms with Gasteiger partial charge in [-0.25, -0.2) is 33.3 Å². The Hall–Kier alpha value is -2.51. The minimum atomic E-state index is -4.88. The van der Waals surface area contributed by atoms with Gasteiger partial charge in [0.15, 0.2) is 23.9 Å². The fraction of sp³-hybridized carbons (Fsp3) is 0.526. The molecule has 0 spiro atoms. The van der Waals surface area contributed by atoms with Crippen LogP contribution < -0.4 is 17.0 Å². The number of anilines is 1. The van der Waals surface area contributed by atoms with E-state index < -0.39 is 82.1 Å². The summed E-state index contributed by atoms with van der Waals surface area (Å²) in [7, 11) is -4.88. The molecule has 3 aliphatic rings. The van der Waals surface area contributed by atoms with E-state index in [1.165, 1.54) is 17.2 Å². The zero-order valence-corrected chi connectivity index (χ0v) is 23.2. The van der Waals surface area contributed by atoms with Gasteiger partial charge in [0.25, 0.3) is 5.56 Å². The van der Waals surface area contributed by atoms with Gasteiger partial charge in [0.05, 0.1) is 19.5 Å². The lowest BCUT2D eigenvalue weighted by Gasteiger charge is -2.25. The maximum absolute atomic E-state index is 15.5. The number of ether oxygens (including phenoxy) is 2. The third-order valence-corrected chi connectivity index (χ3v) is 9.22. The average molecular weight is 637 g/mol. The molecule has 3 aromatic rings. The highest BCUT2D eigenvalue weighted by Crippen LogP contribution is 2.58. The number of imidazole rings is 1. The van der Waals surface area contributed by atoms with Crippen molar-refractivity contribution in [3.63, 3.8) is 0 Å². The number of nitrogens with two attached hydrogens (primary N) is 1. The molecule has 0 amide bonds. The van der Waals surface area contributed by atoms with Gasteiger partial charge in [-0.15, -0.1) is 0 Å². The molecular formula is C19H22FN7O11P2S. The summed E-state index contributed by atoms with van der Waals surface area (Å²) in [5.41, 5.74) is 4.75. The van der Waals surface area contributed by atoms with Crippen LogP contribution in [0.15, 0.2) is 34.5 Å². The summed E-state index contributed by atoms with van der Waals surface area (Å²) in [5.74, 6) is 0.126. The molecule has 6 rings (SSSR count). The van der Waals surface area contributed by atoms with Crippen LogP contribution in [0.25, 0.3) is 11.2 Å². The van der Waals surface area contributed by atoms with Crippen molar-refractivity contribution in [1.82, 2.24) is 29.1 Å². The third kappa shape index (κ3) is 5.64. The van der Waals surface area contributed by atoms with Crippen LogP contribution in [0, 0.1) is 0 Å². The van der Waals surface area contributed by atoms with Crippen molar-refractivity contribution in [1.29, 1.82) is 0 Å². The number of thiol groups is 1. The van der Waals surface area contributed by atoms with E-state index in [9.17, 15) is 23.6 Å². The van der Waals surface area contributed by atoms with Gasteiger partial charge >= 0.3 is 20.3 Å². The van der Waals surface area contributed by atoms with E-state index in [1.54, 1.807) is 0 Å². The maximum Gasteiger partial charge on any atom is 0.472 e. The number of nitrogen functional groups attached to an aromatic ring is 1. The Morgan fingerprint density at radius 1 is 1.07 bits per heavy atom. The molecule has 3 aliphatic heterocycles. The Labute approximate surface area is 233 Å². The molecule has 0 aromatic carbocycles. The molecular weight excluding hydrogens is 615 g/mol. The van der Waals surface area contributed by atoms with E-state index in [2.05, 4.69) is 27.2 Å². The van der Waals surface area contributed by atoms with E-state index in [1.807, 2.05) is 4.98 Å². The van der Waals surface area contributed by atoms with Crippen molar-refractivity contribution in [3.05, 3.63) is 45.8 Å². The maximum atomic E-state index is 15.5. The number of H-pyrrole nitrogens is 1. The number of halogens is 1. The molecule has 22 heteroatoms. The van der Waals surface area contributed by atoms with Crippen LogP contribution in [0.3, 0.4) is 0 Å². The molecule has 41 heavy (non-hydrogen) atoms. The highest BCUT2D eigenvalue weighted by molar-refractivity contribution is 8.44. The topological polar surface area (TPSA) is 234 Å². The van der Waals surface area contributed by atoms with Crippen molar-refractivity contribution in [3.8, 4) is 0 Å². The van der Waals surface area contributed by atoms with E-state index in [4.69, 9.17) is 33.3 Å². The first kappa shape index (κ1) is 28.6. The summed E-state index contributed by atoms with van der Waals surface area (Å²) in [6.45, 7) is -5.78. The van der Waals surface area contributed by atoms with Gasteiger partial charge in [0.1, 0.15) is 42.5 Å². The number of fused-ring (bicyclic) bond motifs is 4. The Morgan fingerprint density at radius 2 is 1.85 bits per heavy atom. The van der Waals surface area contributed by atoms with Crippen molar-refractivity contribution in [2.24, 2.45) is 0 Å². The normalized spacial score (nSPS) is 38.2. The second-order valence-electron chi connectivity index (χ2n) is 9.22. The number of hydrogen-bond donors (Lipinski definition) is 4. The molecule has 0 aliphatic carbocycles. The predicted octanol–water partition coefficient (Wildman–Crippen LogP) is 0.437. The smallest absolute Gasteiger partial charge is 0.382 e. The predicted molar refractivity (Wildman–Crippen MR) is 136 cm³/mol. The molecule has 222 valence electrons. The first-order valence-corrected chi connectivity index (χ1v) is 16.1. The van der Waals surface area contributed by atoms with Crippen molar-refractivity contribution in [2.75, 3.05) is 18.9 Å². The van der Waals surface area contributed by atoms with E-state index in [0.717, 1.165) is 16.8 Å². The zero-order valence-electron chi connectivity index (χ0n) is 20.5. The highest BCUT2D eigenvalue weighted by Gasteiger charge is 2.52. The average Bonchev–Trinajstić information content (AvgIpc) is 3.58. The van der Waals surface area contributed by atoms with Crippen LogP contribution in [-0.2, 0) is 36.7 Å². The third-order valence-electron chi connectivity index (χ3n) is 6.59. The summed E-state index contributed by atoms with van der Waals surface area (Å²) in [6.07, 6.45) is -6.65. The standard InChI is InChI=1S/C19H22FN7O11P2S/c20-13-10-5-33-39(30,31)37-8-3-12(27-7-24-14-16(21)22-6-23-17(14)27)35-9(8)4-34-40(32,41)38-15(13)18(36-10)26-2-1-11(28)25-19(26)29/h1-2,6-10,12-13,15,18H,3-5H2,(H,30,31)(H,32,41)(H2,21,22,23)(H,25,28,29)/t8-,9?,10?,12+,13+,15+,18+,40?/m0/s1. The van der Waals surface area contributed by atoms with Crippen molar-refractivity contribution >= 4 is 43.9 Å². The lowest BCUT2D eigenvalue weighted by molar-refractivity contribution is -0.0634. The number of aromatic amines is 1. The number of rotatable bonds is 2. The zero-order chi connectivity index (χ0) is 29.1. The molecule has 4 unspecified atom stereocenters. The minimum absolute atomic E-state index is 0.0411. The monoisotopic (exact) mass is 637 g/mol. The molecule has 6 heterocycles. The van der Waals surface area contributed by atoms with Crippen LogP contribution in [0.5, 0.6) is 0 Å². The van der Waals surface area contributed by atoms with Gasteiger partial charge in [-0.05, 0) is 0 Å². The Balaban J connectivity index is 1.29. The van der Waals surface area contributed by atoms with E-state index in [0.29, 0.717) is 11.2 Å². The molecule has 0 saturated carbocycles. The SMILES string of the molecule is Nc1ncnc2c1ncn2[C@H]1C[C@@H]2OP(=O)(O)OCC3O[C@@H](n4ccc(=O)[nH]c4=O)[C@H](OP(=O)(S)OCC2O1)[C@@H]3F. The Kier molecular flexibility index (Phi) is 7.42. The number of phosphoric acid groups is 1. The van der Waals surface area contributed by atoms with Crippen LogP contribution in [0.2, 0.25) is 0 Å². The number of aromatic nitrogens is 6. The van der Waals surface area contributed by atoms with Crippen molar-refractivity contribution < 1.29 is 46.0 Å². The first-order chi connectivity index (χ1) is 19.4. The number of alkyl halides is 1. The fourth-order valence-corrected chi connectivity index (χ4v) is 7.14. The largest absolute Gasteiger partial charge is 0.472 e. The lowest BCUT2D eigenvalue weighted by Crippen LogP contribution is -2.37. The highest BCUT2D eigenvalue weighted by atomic mass is 32.7. The lowest BCUT2D eigenvalue weighted by atomic mass is 10.1. The first-order valence-electron chi connectivity index (χ1n) is 11.9. The van der Waals surface area contributed by atoms with Crippen LogP contribution in [-0.4, -0.2) is 77.8 Å². The van der Waals surface area contributed by atoms with Gasteiger partial charge in [-0.1, -0.05) is 12.2 Å². The summed E-state index contributed by atoms with van der Waals surface area (Å²) >= 11 is 3.95. The van der Waals surface area contributed by atoms with Gasteiger partial charge < -0.3 is 20.1 Å². The van der Waals surface area contributed by atoms with Crippen LogP contribution in [0.1, 0.15) is 18.9 Å². The summed E-state index contributed by atoms with van der Waals surface area (Å²) < 4.78 is 76.5. The summed E-state index contributed by atoms with van der Waals surface area (Å²) in [4.78, 5) is 48.5. The Morgan fingerprint density at radius 3 is 2.63 bits per heavy atom. The quantitative estimate of drug-likeness (QED) is 0.220. The van der Waals surface area contributed by atoms with Gasteiger partial charge in [-0.3, -0.25) is 37.0 Å². The van der Waals surface area contributed by atoms with Crippen molar-refractivity contribution in [2.45, 2.75) is 49.5 Å². The molecule has 4 N–H and O–H groups in total. The minimum Gasteiger partial charge on any atom is -0.382 e. The van der Waals surface area contributed by atoms with Gasteiger partial charge in [0, 0.05) is 18.7 Å². The number of nitrogens with one attached hydrogen (secondary N) is 1. The number of nitrogens with zero attached hydrogens (tertiary/aromatic N) is 5. The number of phosphoric ester groups is 1. The molecule has 3 saturated heterocycles. The van der Waals surface area contributed by atoms with Gasteiger partial charge in [-0.2, -0.15) is 0 Å². The number of hydrogen-bond acceptors (Lipinski definition) is 14. The Bertz CT molecular complexity index is 1690. The molecule has 2 bridgehead atoms. The summed E-state index contributed by atoms with van der Waals surface area (Å²) in [5, 5.41) is 0. The van der Waals surface area contributed by atoms with Gasteiger partial charge in [0.2, 0.25) is 0 Å². The second kappa shape index (κ2) is 10.6. The van der Waals surface area contributed by atoms with Crippen LogP contribution in [0.4, 0.5) is 10.2 Å². The molecule has 3 fully saturated rings. The fourth-order valence-electron chi connectivity index (χ4n) is 4.73. The van der Waals surface area contributed by atoms with E-state index >= 15 is 4.39 Å². The van der Waals surface area contributed by atoms with E-state index in [-0.39, 0.29) is 12.2 Å².